The molecular weight excluding hydrogens is 264 g/mol. The normalized spacial score (nSPS) is 25.2. The van der Waals surface area contributed by atoms with E-state index < -0.39 is 6.10 Å². The number of hydrogen-bond donors (Lipinski definition) is 2. The molecule has 4 heteroatoms. The van der Waals surface area contributed by atoms with Gasteiger partial charge in [-0.15, -0.1) is 0 Å². The van der Waals surface area contributed by atoms with Crippen molar-refractivity contribution in [3.8, 4) is 5.75 Å². The predicted molar refractivity (Wildman–Crippen MR) is 83.4 cm³/mol. The Balaban J connectivity index is 1.56. The fourth-order valence-electron chi connectivity index (χ4n) is 3.42. The molecule has 1 aliphatic carbocycles. The Morgan fingerprint density at radius 3 is 2.62 bits per heavy atom. The molecule has 1 unspecified atom stereocenters. The van der Waals surface area contributed by atoms with E-state index in [1.165, 1.54) is 0 Å². The van der Waals surface area contributed by atoms with Crippen LogP contribution in [0.1, 0.15) is 27.7 Å². The van der Waals surface area contributed by atoms with Crippen LogP contribution >= 0.6 is 0 Å². The van der Waals surface area contributed by atoms with E-state index in [1.54, 1.807) is 0 Å². The average Bonchev–Trinajstić information content (AvgIpc) is 2.85. The van der Waals surface area contributed by atoms with Crippen LogP contribution in [-0.2, 0) is 4.79 Å². The predicted octanol–water partition coefficient (Wildman–Crippen LogP) is 2.66. The van der Waals surface area contributed by atoms with E-state index >= 15 is 0 Å². The topological polar surface area (TPSA) is 50.4 Å². The number of carbonyl (C=O) groups is 1. The van der Waals surface area contributed by atoms with Gasteiger partial charge in [-0.3, -0.25) is 4.79 Å². The van der Waals surface area contributed by atoms with Gasteiger partial charge >= 0.3 is 0 Å². The van der Waals surface area contributed by atoms with Gasteiger partial charge < -0.3 is 15.4 Å². The molecule has 1 aliphatic heterocycles. The summed E-state index contributed by atoms with van der Waals surface area (Å²) in [6.45, 7) is 10.3. The van der Waals surface area contributed by atoms with Crippen LogP contribution in [0.5, 0.6) is 5.75 Å². The van der Waals surface area contributed by atoms with E-state index in [9.17, 15) is 4.79 Å². The molecule has 0 radical (unpaired) electrons. The zero-order valence-electron chi connectivity index (χ0n) is 13.2. The summed E-state index contributed by atoms with van der Waals surface area (Å²) >= 11 is 0. The largest absolute Gasteiger partial charge is 0.477 e. The van der Waals surface area contributed by atoms with Crippen LogP contribution < -0.4 is 15.4 Å². The van der Waals surface area contributed by atoms with Crippen molar-refractivity contribution in [1.29, 1.82) is 0 Å². The van der Waals surface area contributed by atoms with Crippen molar-refractivity contribution >= 4 is 11.6 Å². The molecule has 1 amide bonds. The SMILES string of the molecule is CC1(C)C(CNC(=O)C2CNc3ccccc3O2)C1(C)C. The van der Waals surface area contributed by atoms with E-state index in [0.29, 0.717) is 23.3 Å². The summed E-state index contributed by atoms with van der Waals surface area (Å²) in [5.74, 6) is 1.24. The standard InChI is InChI=1S/C17H24N2O2/c1-16(2)14(17(16,3)4)10-19-15(20)13-9-18-11-7-5-6-8-12(11)21-13/h5-8,13-14,18H,9-10H2,1-4H3,(H,19,20). The molecule has 1 aromatic rings. The van der Waals surface area contributed by atoms with Gasteiger partial charge in [0.05, 0.1) is 12.2 Å². The minimum absolute atomic E-state index is 0.0319. The summed E-state index contributed by atoms with van der Waals surface area (Å²) in [6, 6.07) is 7.70. The number of para-hydroxylation sites is 2. The maximum atomic E-state index is 12.3. The second-order valence-electron chi connectivity index (χ2n) is 7.22. The van der Waals surface area contributed by atoms with Crippen molar-refractivity contribution in [3.05, 3.63) is 24.3 Å². The number of amides is 1. The quantitative estimate of drug-likeness (QED) is 0.899. The zero-order chi connectivity index (χ0) is 15.3. The van der Waals surface area contributed by atoms with Gasteiger partial charge in [-0.1, -0.05) is 39.8 Å². The van der Waals surface area contributed by atoms with Crippen LogP contribution in [0.25, 0.3) is 0 Å². The molecule has 4 nitrogen and oxygen atoms in total. The number of benzene rings is 1. The highest BCUT2D eigenvalue weighted by atomic mass is 16.5. The van der Waals surface area contributed by atoms with Gasteiger partial charge in [0.15, 0.2) is 6.10 Å². The Bertz CT molecular complexity index is 552. The number of rotatable bonds is 3. The Morgan fingerprint density at radius 2 is 1.95 bits per heavy atom. The van der Waals surface area contributed by atoms with Crippen molar-refractivity contribution in [2.75, 3.05) is 18.4 Å². The highest BCUT2D eigenvalue weighted by Crippen LogP contribution is 2.67. The summed E-state index contributed by atoms with van der Waals surface area (Å²) in [6.07, 6.45) is -0.454. The molecule has 1 fully saturated rings. The van der Waals surface area contributed by atoms with Gasteiger partial charge in [0.1, 0.15) is 5.75 Å². The van der Waals surface area contributed by atoms with Crippen LogP contribution in [0.4, 0.5) is 5.69 Å². The van der Waals surface area contributed by atoms with Gasteiger partial charge in [0.2, 0.25) is 0 Å². The summed E-state index contributed by atoms with van der Waals surface area (Å²) in [5.41, 5.74) is 1.53. The Morgan fingerprint density at radius 1 is 1.29 bits per heavy atom. The van der Waals surface area contributed by atoms with Crippen molar-refractivity contribution < 1.29 is 9.53 Å². The van der Waals surface area contributed by atoms with Crippen LogP contribution in [0.15, 0.2) is 24.3 Å². The molecule has 0 aromatic heterocycles. The smallest absolute Gasteiger partial charge is 0.262 e. The lowest BCUT2D eigenvalue weighted by Gasteiger charge is -2.26. The molecule has 21 heavy (non-hydrogen) atoms. The lowest BCUT2D eigenvalue weighted by atomic mass is 10.0. The Hall–Kier alpha value is -1.71. The van der Waals surface area contributed by atoms with Gasteiger partial charge in [-0.05, 0) is 28.9 Å². The second kappa shape index (κ2) is 4.65. The van der Waals surface area contributed by atoms with Crippen molar-refractivity contribution in [2.45, 2.75) is 33.8 Å². The maximum Gasteiger partial charge on any atom is 0.262 e. The molecule has 2 N–H and O–H groups in total. The highest BCUT2D eigenvalue weighted by Gasteiger charge is 2.64. The minimum atomic E-state index is -0.454. The first-order valence-electron chi connectivity index (χ1n) is 7.61. The third-order valence-electron chi connectivity index (χ3n) is 5.73. The second-order valence-corrected chi connectivity index (χ2v) is 7.22. The number of ether oxygens (including phenoxy) is 1. The number of nitrogens with one attached hydrogen (secondary N) is 2. The molecule has 2 aliphatic rings. The molecule has 0 saturated heterocycles. The fraction of sp³-hybridized carbons (Fsp3) is 0.588. The summed E-state index contributed by atoms with van der Waals surface area (Å²) < 4.78 is 5.78. The molecule has 1 heterocycles. The van der Waals surface area contributed by atoms with E-state index in [-0.39, 0.29) is 5.91 Å². The van der Waals surface area contributed by atoms with Crippen LogP contribution in [0, 0.1) is 16.7 Å². The number of carbonyl (C=O) groups excluding carboxylic acids is 1. The van der Waals surface area contributed by atoms with E-state index in [4.69, 9.17) is 4.74 Å². The van der Waals surface area contributed by atoms with E-state index in [1.807, 2.05) is 24.3 Å². The highest BCUT2D eigenvalue weighted by molar-refractivity contribution is 5.83. The summed E-state index contributed by atoms with van der Waals surface area (Å²) in [7, 11) is 0. The number of anilines is 1. The van der Waals surface area contributed by atoms with Crippen molar-refractivity contribution in [2.24, 2.45) is 16.7 Å². The summed E-state index contributed by atoms with van der Waals surface area (Å²) in [4.78, 5) is 12.3. The third-order valence-corrected chi connectivity index (χ3v) is 5.73. The average molecular weight is 288 g/mol. The molecule has 1 atom stereocenters. The molecule has 1 aromatic carbocycles. The van der Waals surface area contributed by atoms with Gasteiger partial charge in [-0.2, -0.15) is 0 Å². The Labute approximate surface area is 126 Å². The minimum Gasteiger partial charge on any atom is -0.477 e. The van der Waals surface area contributed by atoms with Crippen molar-refractivity contribution in [3.63, 3.8) is 0 Å². The Kier molecular flexibility index (Phi) is 3.15. The molecular formula is C17H24N2O2. The monoisotopic (exact) mass is 288 g/mol. The van der Waals surface area contributed by atoms with Gasteiger partial charge in [0.25, 0.3) is 5.91 Å². The van der Waals surface area contributed by atoms with Crippen LogP contribution in [0.2, 0.25) is 0 Å². The number of fused-ring (bicyclic) bond motifs is 1. The third kappa shape index (κ3) is 2.27. The molecule has 1 saturated carbocycles. The first kappa shape index (κ1) is 14.2. The molecule has 0 bridgehead atoms. The van der Waals surface area contributed by atoms with Crippen LogP contribution in [0.3, 0.4) is 0 Å². The molecule has 0 spiro atoms. The molecule has 114 valence electrons. The lowest BCUT2D eigenvalue weighted by Crippen LogP contribution is -2.45. The van der Waals surface area contributed by atoms with Gasteiger partial charge in [0, 0.05) is 6.54 Å². The fourth-order valence-corrected chi connectivity index (χ4v) is 3.42. The number of hydrogen-bond acceptors (Lipinski definition) is 3. The lowest BCUT2D eigenvalue weighted by molar-refractivity contribution is -0.127. The summed E-state index contributed by atoms with van der Waals surface area (Å²) in [5, 5.41) is 6.30. The van der Waals surface area contributed by atoms with Crippen LogP contribution in [-0.4, -0.2) is 25.1 Å². The maximum absolute atomic E-state index is 12.3. The van der Waals surface area contributed by atoms with E-state index in [0.717, 1.165) is 18.0 Å². The zero-order valence-corrected chi connectivity index (χ0v) is 13.2. The first-order chi connectivity index (χ1) is 9.84. The van der Waals surface area contributed by atoms with Gasteiger partial charge in [-0.25, -0.2) is 0 Å². The van der Waals surface area contributed by atoms with E-state index in [2.05, 4.69) is 38.3 Å². The molecule has 3 rings (SSSR count). The van der Waals surface area contributed by atoms with Crippen molar-refractivity contribution in [1.82, 2.24) is 5.32 Å². The first-order valence-corrected chi connectivity index (χ1v) is 7.61.